The lowest BCUT2D eigenvalue weighted by Crippen LogP contribution is -2.26. The van der Waals surface area contributed by atoms with E-state index in [0.717, 1.165) is 12.0 Å². The zero-order valence-electron chi connectivity index (χ0n) is 12.6. The minimum Gasteiger partial charge on any atom is -0.372 e. The van der Waals surface area contributed by atoms with Crippen molar-refractivity contribution >= 4 is 0 Å². The van der Waals surface area contributed by atoms with E-state index in [1.54, 1.807) is 18.2 Å². The molecule has 2 aromatic carbocycles. The molecule has 3 heteroatoms. The molecule has 0 fully saturated rings. The second-order valence-corrected chi connectivity index (χ2v) is 5.23. The van der Waals surface area contributed by atoms with Crippen LogP contribution in [0.25, 0.3) is 0 Å². The van der Waals surface area contributed by atoms with Crippen molar-refractivity contribution in [1.29, 1.82) is 0 Å². The summed E-state index contributed by atoms with van der Waals surface area (Å²) in [5.74, 6) is -0.245. The van der Waals surface area contributed by atoms with Crippen LogP contribution < -0.4 is 5.73 Å². The van der Waals surface area contributed by atoms with Crippen LogP contribution in [0.2, 0.25) is 0 Å². The van der Waals surface area contributed by atoms with E-state index in [2.05, 4.69) is 19.1 Å². The van der Waals surface area contributed by atoms with Crippen LogP contribution >= 0.6 is 0 Å². The van der Waals surface area contributed by atoms with E-state index in [0.29, 0.717) is 5.56 Å². The van der Waals surface area contributed by atoms with Gasteiger partial charge in [-0.3, -0.25) is 0 Å². The number of halogens is 1. The standard InChI is InChI=1S/C18H22FNO/c1-3-14-8-10-15(11-9-14)18(20)13(2)21-12-16-6-4-5-7-17(16)19/h4-11,13,18H,3,12,20H2,1-2H3. The summed E-state index contributed by atoms with van der Waals surface area (Å²) in [6.45, 7) is 4.27. The minimum atomic E-state index is -0.245. The molecule has 2 nitrogen and oxygen atoms in total. The zero-order valence-corrected chi connectivity index (χ0v) is 12.6. The van der Waals surface area contributed by atoms with E-state index in [1.807, 2.05) is 19.1 Å². The first-order chi connectivity index (χ1) is 10.1. The summed E-state index contributed by atoms with van der Waals surface area (Å²) in [6.07, 6.45) is 0.826. The Kier molecular flexibility index (Phi) is 5.48. The topological polar surface area (TPSA) is 35.2 Å². The normalized spacial score (nSPS) is 13.9. The van der Waals surface area contributed by atoms with Crippen LogP contribution in [-0.2, 0) is 17.8 Å². The van der Waals surface area contributed by atoms with Crippen molar-refractivity contribution in [1.82, 2.24) is 0 Å². The maximum Gasteiger partial charge on any atom is 0.128 e. The second kappa shape index (κ2) is 7.34. The van der Waals surface area contributed by atoms with E-state index < -0.39 is 0 Å². The summed E-state index contributed by atoms with van der Waals surface area (Å²) in [5, 5.41) is 0. The highest BCUT2D eigenvalue weighted by molar-refractivity contribution is 5.25. The van der Waals surface area contributed by atoms with Gasteiger partial charge in [-0.1, -0.05) is 49.4 Å². The van der Waals surface area contributed by atoms with Crippen LogP contribution in [0, 0.1) is 5.82 Å². The van der Waals surface area contributed by atoms with Crippen molar-refractivity contribution in [2.24, 2.45) is 5.73 Å². The first-order valence-electron chi connectivity index (χ1n) is 7.31. The third-order valence-electron chi connectivity index (χ3n) is 3.74. The van der Waals surface area contributed by atoms with E-state index in [9.17, 15) is 4.39 Å². The van der Waals surface area contributed by atoms with Gasteiger partial charge in [-0.05, 0) is 30.5 Å². The predicted octanol–water partition coefficient (Wildman–Crippen LogP) is 3.99. The van der Waals surface area contributed by atoms with Gasteiger partial charge >= 0.3 is 0 Å². The molecule has 0 aliphatic rings. The average Bonchev–Trinajstić information content (AvgIpc) is 2.53. The summed E-state index contributed by atoms with van der Waals surface area (Å²) in [6, 6.07) is 14.6. The monoisotopic (exact) mass is 287 g/mol. The summed E-state index contributed by atoms with van der Waals surface area (Å²) in [7, 11) is 0. The van der Waals surface area contributed by atoms with Crippen molar-refractivity contribution in [2.45, 2.75) is 39.0 Å². The molecule has 21 heavy (non-hydrogen) atoms. The van der Waals surface area contributed by atoms with E-state index in [1.165, 1.54) is 11.6 Å². The highest BCUT2D eigenvalue weighted by Gasteiger charge is 2.16. The first-order valence-corrected chi connectivity index (χ1v) is 7.31. The van der Waals surface area contributed by atoms with Gasteiger partial charge in [-0.25, -0.2) is 4.39 Å². The van der Waals surface area contributed by atoms with Gasteiger partial charge in [0.1, 0.15) is 5.82 Å². The van der Waals surface area contributed by atoms with Gasteiger partial charge in [-0.2, -0.15) is 0 Å². The van der Waals surface area contributed by atoms with Crippen LogP contribution in [0.15, 0.2) is 48.5 Å². The minimum absolute atomic E-state index is 0.183. The maximum atomic E-state index is 13.5. The molecule has 112 valence electrons. The molecule has 0 saturated heterocycles. The zero-order chi connectivity index (χ0) is 15.2. The molecule has 0 saturated carbocycles. The molecule has 0 heterocycles. The van der Waals surface area contributed by atoms with Crippen molar-refractivity contribution in [2.75, 3.05) is 0 Å². The number of ether oxygens (including phenoxy) is 1. The van der Waals surface area contributed by atoms with Crippen molar-refractivity contribution in [3.63, 3.8) is 0 Å². The van der Waals surface area contributed by atoms with Gasteiger partial charge in [0, 0.05) is 5.56 Å². The second-order valence-electron chi connectivity index (χ2n) is 5.23. The van der Waals surface area contributed by atoms with E-state index in [4.69, 9.17) is 10.5 Å². The molecule has 2 N–H and O–H groups in total. The van der Waals surface area contributed by atoms with Crippen LogP contribution in [0.1, 0.15) is 36.6 Å². The predicted molar refractivity (Wildman–Crippen MR) is 83.4 cm³/mol. The van der Waals surface area contributed by atoms with Gasteiger partial charge in [0.15, 0.2) is 0 Å². The molecule has 0 aromatic heterocycles. The van der Waals surface area contributed by atoms with E-state index in [-0.39, 0.29) is 24.6 Å². The number of rotatable bonds is 6. The fourth-order valence-corrected chi connectivity index (χ4v) is 2.19. The molecule has 0 bridgehead atoms. The Morgan fingerprint density at radius 2 is 1.76 bits per heavy atom. The van der Waals surface area contributed by atoms with Gasteiger partial charge in [0.05, 0.1) is 18.8 Å². The third-order valence-corrected chi connectivity index (χ3v) is 3.74. The van der Waals surface area contributed by atoms with Crippen molar-refractivity contribution in [3.05, 3.63) is 71.0 Å². The summed E-state index contributed by atoms with van der Waals surface area (Å²) >= 11 is 0. The molecule has 0 radical (unpaired) electrons. The summed E-state index contributed by atoms with van der Waals surface area (Å²) in [4.78, 5) is 0. The number of hydrogen-bond acceptors (Lipinski definition) is 2. The summed E-state index contributed by atoms with van der Waals surface area (Å²) in [5.41, 5.74) is 9.09. The lowest BCUT2D eigenvalue weighted by molar-refractivity contribution is 0.0342. The summed E-state index contributed by atoms with van der Waals surface area (Å²) < 4.78 is 19.3. The third kappa shape index (κ3) is 4.13. The molecule has 0 spiro atoms. The number of benzene rings is 2. The Hall–Kier alpha value is -1.71. The molecule has 2 aromatic rings. The van der Waals surface area contributed by atoms with Gasteiger partial charge < -0.3 is 10.5 Å². The molecule has 2 unspecified atom stereocenters. The van der Waals surface area contributed by atoms with Crippen LogP contribution in [0.3, 0.4) is 0 Å². The fraction of sp³-hybridized carbons (Fsp3) is 0.333. The molecule has 0 aliphatic heterocycles. The Labute approximate surface area is 125 Å². The van der Waals surface area contributed by atoms with Crippen LogP contribution in [0.5, 0.6) is 0 Å². The molecule has 0 aliphatic carbocycles. The van der Waals surface area contributed by atoms with Crippen molar-refractivity contribution in [3.8, 4) is 0 Å². The quantitative estimate of drug-likeness (QED) is 0.871. The Balaban J connectivity index is 1.95. The van der Waals surface area contributed by atoms with Gasteiger partial charge in [0.2, 0.25) is 0 Å². The van der Waals surface area contributed by atoms with Crippen LogP contribution in [0.4, 0.5) is 4.39 Å². The fourth-order valence-electron chi connectivity index (χ4n) is 2.19. The highest BCUT2D eigenvalue weighted by atomic mass is 19.1. The highest BCUT2D eigenvalue weighted by Crippen LogP contribution is 2.19. The SMILES string of the molecule is CCc1ccc(C(N)C(C)OCc2ccccc2F)cc1. The Morgan fingerprint density at radius 1 is 1.10 bits per heavy atom. The number of hydrogen-bond donors (Lipinski definition) is 1. The smallest absolute Gasteiger partial charge is 0.128 e. The molecule has 0 amide bonds. The lowest BCUT2D eigenvalue weighted by Gasteiger charge is -2.21. The van der Waals surface area contributed by atoms with Gasteiger partial charge in [-0.15, -0.1) is 0 Å². The first kappa shape index (κ1) is 15.7. The Bertz CT molecular complexity index is 568. The number of nitrogens with two attached hydrogens (primary N) is 1. The van der Waals surface area contributed by atoms with Crippen molar-refractivity contribution < 1.29 is 9.13 Å². The van der Waals surface area contributed by atoms with E-state index >= 15 is 0 Å². The molecular weight excluding hydrogens is 265 g/mol. The molecule has 2 atom stereocenters. The molecular formula is C18H22FNO. The lowest BCUT2D eigenvalue weighted by atomic mass is 10.0. The van der Waals surface area contributed by atoms with Crippen LogP contribution in [-0.4, -0.2) is 6.10 Å². The maximum absolute atomic E-state index is 13.5. The largest absolute Gasteiger partial charge is 0.372 e. The van der Waals surface area contributed by atoms with Gasteiger partial charge in [0.25, 0.3) is 0 Å². The number of aryl methyl sites for hydroxylation is 1. The molecule has 2 rings (SSSR count). The Morgan fingerprint density at radius 3 is 2.38 bits per heavy atom. The average molecular weight is 287 g/mol.